The fourth-order valence-electron chi connectivity index (χ4n) is 2.61. The second-order valence-corrected chi connectivity index (χ2v) is 4.96. The molecule has 1 saturated heterocycles. The largest absolute Gasteiger partial charge is 0.507 e. The van der Waals surface area contributed by atoms with Gasteiger partial charge in [0.1, 0.15) is 17.4 Å². The number of imide groups is 2. The molecule has 1 atom stereocenters. The molecule has 0 aliphatic carbocycles. The van der Waals surface area contributed by atoms with E-state index in [2.05, 4.69) is 0 Å². The van der Waals surface area contributed by atoms with Crippen LogP contribution in [0.4, 0.5) is 0 Å². The van der Waals surface area contributed by atoms with Crippen molar-refractivity contribution in [3.63, 3.8) is 0 Å². The monoisotopic (exact) mass is 306 g/mol. The summed E-state index contributed by atoms with van der Waals surface area (Å²) in [5.74, 6) is -5.60. The summed E-state index contributed by atoms with van der Waals surface area (Å²) >= 11 is 0. The van der Waals surface area contributed by atoms with Crippen LogP contribution in [-0.2, 0) is 9.59 Å². The highest BCUT2D eigenvalue weighted by molar-refractivity contribution is 6.25. The lowest BCUT2D eigenvalue weighted by Gasteiger charge is -2.27. The van der Waals surface area contributed by atoms with E-state index in [0.29, 0.717) is 4.90 Å². The van der Waals surface area contributed by atoms with Gasteiger partial charge in [-0.3, -0.25) is 29.4 Å². The molecule has 1 unspecified atom stereocenters. The van der Waals surface area contributed by atoms with E-state index in [1.165, 1.54) is 0 Å². The van der Waals surface area contributed by atoms with Crippen molar-refractivity contribution in [1.82, 2.24) is 10.2 Å². The number of nitrogens with one attached hydrogen (secondary N) is 1. The third-order valence-corrected chi connectivity index (χ3v) is 3.65. The number of hydrogen-bond acceptors (Lipinski definition) is 7. The average molecular weight is 306 g/mol. The highest BCUT2D eigenvalue weighted by Crippen LogP contribution is 2.43. The zero-order chi connectivity index (χ0) is 16.2. The predicted molar refractivity (Wildman–Crippen MR) is 68.1 cm³/mol. The zero-order valence-corrected chi connectivity index (χ0v) is 11.0. The van der Waals surface area contributed by atoms with E-state index in [-0.39, 0.29) is 12.8 Å². The minimum absolute atomic E-state index is 0.0486. The molecule has 1 aromatic rings. The van der Waals surface area contributed by atoms with Crippen LogP contribution in [0.15, 0.2) is 6.07 Å². The van der Waals surface area contributed by atoms with Gasteiger partial charge < -0.3 is 15.3 Å². The Morgan fingerprint density at radius 1 is 1.00 bits per heavy atom. The third kappa shape index (κ3) is 1.72. The van der Waals surface area contributed by atoms with Gasteiger partial charge in [0, 0.05) is 12.5 Å². The number of benzene rings is 1. The second kappa shape index (κ2) is 4.45. The van der Waals surface area contributed by atoms with E-state index < -0.39 is 58.0 Å². The van der Waals surface area contributed by atoms with Gasteiger partial charge in [0.2, 0.25) is 11.8 Å². The van der Waals surface area contributed by atoms with E-state index in [4.69, 9.17) is 0 Å². The average Bonchev–Trinajstić information content (AvgIpc) is 2.69. The van der Waals surface area contributed by atoms with Gasteiger partial charge in [-0.05, 0) is 6.42 Å². The smallest absolute Gasteiger partial charge is 0.266 e. The van der Waals surface area contributed by atoms with Gasteiger partial charge in [-0.2, -0.15) is 0 Å². The number of amides is 4. The Kier molecular flexibility index (Phi) is 2.80. The molecule has 9 heteroatoms. The van der Waals surface area contributed by atoms with Crippen molar-refractivity contribution in [2.24, 2.45) is 0 Å². The molecule has 9 nitrogen and oxygen atoms in total. The molecule has 0 bridgehead atoms. The molecule has 0 radical (unpaired) electrons. The number of aromatic hydroxyl groups is 3. The van der Waals surface area contributed by atoms with Gasteiger partial charge >= 0.3 is 0 Å². The van der Waals surface area contributed by atoms with Crippen molar-refractivity contribution in [2.75, 3.05) is 0 Å². The molecule has 4 N–H and O–H groups in total. The standard InChI is InChI=1S/C13H10N2O7/c16-5-3-6(17)10(19)9-8(5)12(21)15(13(9)22)4-1-2-7(18)14-11(4)20/h3-4,16-17,19H,1-2H2,(H,14,18,20). The van der Waals surface area contributed by atoms with Gasteiger partial charge in [0.15, 0.2) is 11.5 Å². The molecule has 22 heavy (non-hydrogen) atoms. The summed E-state index contributed by atoms with van der Waals surface area (Å²) in [6.45, 7) is 0. The van der Waals surface area contributed by atoms with E-state index in [1.807, 2.05) is 5.32 Å². The van der Waals surface area contributed by atoms with Crippen molar-refractivity contribution in [3.05, 3.63) is 17.2 Å². The summed E-state index contributed by atoms with van der Waals surface area (Å²) < 4.78 is 0. The number of rotatable bonds is 1. The first-order chi connectivity index (χ1) is 10.3. The van der Waals surface area contributed by atoms with E-state index in [0.717, 1.165) is 6.07 Å². The molecule has 1 aromatic carbocycles. The molecule has 114 valence electrons. The number of phenolic OH excluding ortho intramolecular Hbond substituents is 3. The van der Waals surface area contributed by atoms with Crippen molar-refractivity contribution in [1.29, 1.82) is 0 Å². The van der Waals surface area contributed by atoms with Crippen LogP contribution in [0, 0.1) is 0 Å². The van der Waals surface area contributed by atoms with Crippen LogP contribution in [0.1, 0.15) is 33.6 Å². The summed E-state index contributed by atoms with van der Waals surface area (Å²) in [7, 11) is 0. The third-order valence-electron chi connectivity index (χ3n) is 3.65. The summed E-state index contributed by atoms with van der Waals surface area (Å²) in [6.07, 6.45) is -0.101. The minimum atomic E-state index is -1.22. The molecule has 4 amide bonds. The molecule has 0 aromatic heterocycles. The molecular formula is C13H10N2O7. The molecule has 1 fully saturated rings. The highest BCUT2D eigenvalue weighted by Gasteiger charge is 2.47. The number of piperidine rings is 1. The van der Waals surface area contributed by atoms with E-state index >= 15 is 0 Å². The summed E-state index contributed by atoms with van der Waals surface area (Å²) in [5.41, 5.74) is -1.04. The molecule has 0 saturated carbocycles. The van der Waals surface area contributed by atoms with Gasteiger partial charge in [0.25, 0.3) is 11.8 Å². The topological polar surface area (TPSA) is 144 Å². The van der Waals surface area contributed by atoms with Gasteiger partial charge in [-0.25, -0.2) is 0 Å². The lowest BCUT2D eigenvalue weighted by Crippen LogP contribution is -2.54. The quantitative estimate of drug-likeness (QED) is 0.302. The van der Waals surface area contributed by atoms with Gasteiger partial charge in [-0.15, -0.1) is 0 Å². The van der Waals surface area contributed by atoms with Gasteiger partial charge in [-0.1, -0.05) is 0 Å². The maximum Gasteiger partial charge on any atom is 0.266 e. The van der Waals surface area contributed by atoms with Crippen LogP contribution in [-0.4, -0.2) is 49.9 Å². The Morgan fingerprint density at radius 3 is 2.27 bits per heavy atom. The van der Waals surface area contributed by atoms with Gasteiger partial charge in [0.05, 0.1) is 5.56 Å². The van der Waals surface area contributed by atoms with Crippen molar-refractivity contribution >= 4 is 23.6 Å². The van der Waals surface area contributed by atoms with Crippen LogP contribution in [0.5, 0.6) is 17.2 Å². The molecule has 3 rings (SSSR count). The molecular weight excluding hydrogens is 296 g/mol. The summed E-state index contributed by atoms with van der Waals surface area (Å²) in [4.78, 5) is 48.1. The fraction of sp³-hybridized carbons (Fsp3) is 0.231. The van der Waals surface area contributed by atoms with Crippen LogP contribution in [0.3, 0.4) is 0 Å². The normalized spacial score (nSPS) is 21.1. The first kappa shape index (κ1) is 13.9. The molecule has 2 heterocycles. The number of nitrogens with zero attached hydrogens (tertiary/aromatic N) is 1. The Bertz CT molecular complexity index is 755. The first-order valence-corrected chi connectivity index (χ1v) is 6.32. The van der Waals surface area contributed by atoms with E-state index in [1.54, 1.807) is 0 Å². The second-order valence-electron chi connectivity index (χ2n) is 4.96. The van der Waals surface area contributed by atoms with E-state index in [9.17, 15) is 34.5 Å². The van der Waals surface area contributed by atoms with Crippen molar-refractivity contribution < 1.29 is 34.5 Å². The molecule has 0 spiro atoms. The Morgan fingerprint density at radius 2 is 1.64 bits per heavy atom. The maximum atomic E-state index is 12.3. The van der Waals surface area contributed by atoms with Crippen LogP contribution >= 0.6 is 0 Å². The number of fused-ring (bicyclic) bond motifs is 1. The van der Waals surface area contributed by atoms with Crippen LogP contribution in [0.25, 0.3) is 0 Å². The Hall–Kier alpha value is -3.10. The minimum Gasteiger partial charge on any atom is -0.507 e. The van der Waals surface area contributed by atoms with Crippen molar-refractivity contribution in [2.45, 2.75) is 18.9 Å². The van der Waals surface area contributed by atoms with Crippen LogP contribution in [0.2, 0.25) is 0 Å². The Balaban J connectivity index is 2.08. The molecule has 2 aliphatic rings. The molecule has 2 aliphatic heterocycles. The highest BCUT2D eigenvalue weighted by atomic mass is 16.3. The first-order valence-electron chi connectivity index (χ1n) is 6.32. The number of carbonyl (C=O) groups is 4. The fourth-order valence-corrected chi connectivity index (χ4v) is 2.61. The summed E-state index contributed by atoms with van der Waals surface area (Å²) in [6, 6.07) is -0.487. The summed E-state index contributed by atoms with van der Waals surface area (Å²) in [5, 5.41) is 30.9. The number of carbonyl (C=O) groups excluding carboxylic acids is 4. The SMILES string of the molecule is O=C1CCC(N2C(=O)c3c(O)cc(O)c(O)c3C2=O)C(=O)N1. The van der Waals surface area contributed by atoms with Crippen LogP contribution < -0.4 is 5.32 Å². The maximum absolute atomic E-state index is 12.3. The Labute approximate surface area is 122 Å². The lowest BCUT2D eigenvalue weighted by molar-refractivity contribution is -0.136. The number of hydrogen-bond donors (Lipinski definition) is 4. The zero-order valence-electron chi connectivity index (χ0n) is 11.0. The number of phenols is 3. The predicted octanol–water partition coefficient (Wildman–Crippen LogP) is -0.795. The lowest BCUT2D eigenvalue weighted by atomic mass is 10.0. The van der Waals surface area contributed by atoms with Crippen molar-refractivity contribution in [3.8, 4) is 17.2 Å².